The van der Waals surface area contributed by atoms with Gasteiger partial charge in [-0.1, -0.05) is 36.4 Å². The molecule has 0 aliphatic carbocycles. The fourth-order valence-corrected chi connectivity index (χ4v) is 3.60. The van der Waals surface area contributed by atoms with Crippen LogP contribution in [0.3, 0.4) is 0 Å². The van der Waals surface area contributed by atoms with Gasteiger partial charge < -0.3 is 10.2 Å². The number of rotatable bonds is 4. The van der Waals surface area contributed by atoms with Crippen LogP contribution in [-0.2, 0) is 10.3 Å². The van der Waals surface area contributed by atoms with Crippen LogP contribution in [0.2, 0.25) is 0 Å². The molecule has 1 aromatic carbocycles. The lowest BCUT2D eigenvalue weighted by atomic mass is 9.77. The first-order chi connectivity index (χ1) is 11.3. The highest BCUT2D eigenvalue weighted by Crippen LogP contribution is 2.42. The second-order valence-electron chi connectivity index (χ2n) is 5.97. The first kappa shape index (κ1) is 15.7. The Bertz CT molecular complexity index is 603. The Kier molecular flexibility index (Phi) is 4.72. The molecule has 3 rings (SSSR count). The van der Waals surface area contributed by atoms with Gasteiger partial charge in [0.15, 0.2) is 0 Å². The van der Waals surface area contributed by atoms with Gasteiger partial charge >= 0.3 is 0 Å². The molecular weight excluding hydrogens is 286 g/mol. The maximum Gasteiger partial charge on any atom is 0.237 e. The van der Waals surface area contributed by atoms with Crippen LogP contribution in [-0.4, -0.2) is 35.9 Å². The summed E-state index contributed by atoms with van der Waals surface area (Å²) in [7, 11) is 1.81. The molecule has 1 N–H and O–H groups in total. The van der Waals surface area contributed by atoms with Gasteiger partial charge in [0.2, 0.25) is 5.91 Å². The van der Waals surface area contributed by atoms with Crippen LogP contribution < -0.4 is 5.32 Å². The van der Waals surface area contributed by atoms with Crippen molar-refractivity contribution in [3.05, 3.63) is 66.0 Å². The van der Waals surface area contributed by atoms with Crippen LogP contribution in [0.5, 0.6) is 0 Å². The van der Waals surface area contributed by atoms with Gasteiger partial charge in [-0.2, -0.15) is 0 Å². The van der Waals surface area contributed by atoms with E-state index in [4.69, 9.17) is 0 Å². The van der Waals surface area contributed by atoms with Crippen molar-refractivity contribution in [2.45, 2.75) is 24.8 Å². The quantitative estimate of drug-likeness (QED) is 0.944. The lowest BCUT2D eigenvalue weighted by molar-refractivity contribution is -0.137. The SMILES string of the molecule is CNCC(=O)N1CCCCC1(c1ccccc1)c1ccccn1. The summed E-state index contributed by atoms with van der Waals surface area (Å²) in [5.41, 5.74) is 1.63. The van der Waals surface area contributed by atoms with Crippen molar-refractivity contribution >= 4 is 5.91 Å². The van der Waals surface area contributed by atoms with Gasteiger partial charge in [-0.3, -0.25) is 9.78 Å². The second kappa shape index (κ2) is 6.92. The topological polar surface area (TPSA) is 45.2 Å². The average Bonchev–Trinajstić information content (AvgIpc) is 2.63. The van der Waals surface area contributed by atoms with E-state index < -0.39 is 5.54 Å². The number of hydrogen-bond acceptors (Lipinski definition) is 3. The van der Waals surface area contributed by atoms with Crippen molar-refractivity contribution in [1.82, 2.24) is 15.2 Å². The summed E-state index contributed by atoms with van der Waals surface area (Å²) >= 11 is 0. The van der Waals surface area contributed by atoms with E-state index in [9.17, 15) is 4.79 Å². The lowest BCUT2D eigenvalue weighted by Gasteiger charge is -2.47. The number of piperidine rings is 1. The summed E-state index contributed by atoms with van der Waals surface area (Å²) in [5, 5.41) is 2.99. The Morgan fingerprint density at radius 3 is 2.65 bits per heavy atom. The number of benzene rings is 1. The highest BCUT2D eigenvalue weighted by Gasteiger charge is 2.45. The third kappa shape index (κ3) is 2.86. The van der Waals surface area contributed by atoms with E-state index in [2.05, 4.69) is 22.4 Å². The van der Waals surface area contributed by atoms with E-state index in [0.29, 0.717) is 6.54 Å². The molecule has 1 atom stereocenters. The van der Waals surface area contributed by atoms with Crippen LogP contribution >= 0.6 is 0 Å². The Balaban J connectivity index is 2.15. The lowest BCUT2D eigenvalue weighted by Crippen LogP contribution is -2.55. The fraction of sp³-hybridized carbons (Fsp3) is 0.368. The Morgan fingerprint density at radius 2 is 1.96 bits per heavy atom. The van der Waals surface area contributed by atoms with E-state index in [1.165, 1.54) is 0 Å². The molecule has 1 aliphatic heterocycles. The zero-order valence-electron chi connectivity index (χ0n) is 13.5. The van der Waals surface area contributed by atoms with Crippen molar-refractivity contribution in [3.63, 3.8) is 0 Å². The highest BCUT2D eigenvalue weighted by atomic mass is 16.2. The van der Waals surface area contributed by atoms with E-state index in [1.54, 1.807) is 0 Å². The first-order valence-electron chi connectivity index (χ1n) is 8.21. The van der Waals surface area contributed by atoms with Crippen molar-refractivity contribution < 1.29 is 4.79 Å². The minimum Gasteiger partial charge on any atom is -0.326 e. The van der Waals surface area contributed by atoms with Crippen LogP contribution in [0.25, 0.3) is 0 Å². The summed E-state index contributed by atoms with van der Waals surface area (Å²) in [5.74, 6) is 0.127. The van der Waals surface area contributed by atoms with Gasteiger partial charge in [0, 0.05) is 12.7 Å². The summed E-state index contributed by atoms with van der Waals surface area (Å²) < 4.78 is 0. The number of carbonyl (C=O) groups is 1. The number of hydrogen-bond donors (Lipinski definition) is 1. The molecule has 2 aromatic rings. The average molecular weight is 309 g/mol. The highest BCUT2D eigenvalue weighted by molar-refractivity contribution is 5.80. The number of nitrogens with zero attached hydrogens (tertiary/aromatic N) is 2. The number of likely N-dealkylation sites (N-methyl/N-ethyl adjacent to an activating group) is 1. The molecule has 4 nitrogen and oxygen atoms in total. The van der Waals surface area contributed by atoms with Gasteiger partial charge in [-0.25, -0.2) is 0 Å². The molecule has 0 radical (unpaired) electrons. The van der Waals surface area contributed by atoms with Crippen molar-refractivity contribution in [2.75, 3.05) is 20.1 Å². The number of nitrogens with one attached hydrogen (secondary N) is 1. The van der Waals surface area contributed by atoms with Gasteiger partial charge in [-0.15, -0.1) is 0 Å². The molecule has 1 saturated heterocycles. The number of aromatic nitrogens is 1. The zero-order chi connectivity index (χ0) is 16.1. The van der Waals surface area contributed by atoms with Gasteiger partial charge in [0.1, 0.15) is 5.54 Å². The van der Waals surface area contributed by atoms with Crippen LogP contribution in [0.4, 0.5) is 0 Å². The third-order valence-corrected chi connectivity index (χ3v) is 4.60. The number of amides is 1. The molecule has 1 aliphatic rings. The summed E-state index contributed by atoms with van der Waals surface area (Å²) in [4.78, 5) is 19.4. The summed E-state index contributed by atoms with van der Waals surface area (Å²) in [6, 6.07) is 16.3. The van der Waals surface area contributed by atoms with E-state index in [0.717, 1.165) is 37.1 Å². The van der Waals surface area contributed by atoms with Crippen LogP contribution in [0, 0.1) is 0 Å². The van der Waals surface area contributed by atoms with Crippen LogP contribution in [0.15, 0.2) is 54.7 Å². The maximum absolute atomic E-state index is 12.8. The predicted octanol–water partition coefficient (Wildman–Crippen LogP) is 2.56. The minimum absolute atomic E-state index is 0.127. The van der Waals surface area contributed by atoms with Gasteiger partial charge in [0.05, 0.1) is 12.2 Å². The molecule has 1 unspecified atom stereocenters. The summed E-state index contributed by atoms with van der Waals surface area (Å²) in [6.07, 6.45) is 4.85. The Labute approximate surface area is 137 Å². The Morgan fingerprint density at radius 1 is 1.17 bits per heavy atom. The van der Waals surface area contributed by atoms with Gasteiger partial charge in [-0.05, 0) is 44.0 Å². The molecule has 2 heterocycles. The molecule has 1 aromatic heterocycles. The van der Waals surface area contributed by atoms with Gasteiger partial charge in [0.25, 0.3) is 0 Å². The molecule has 1 amide bonds. The number of likely N-dealkylation sites (tertiary alicyclic amines) is 1. The third-order valence-electron chi connectivity index (χ3n) is 4.60. The molecule has 0 bridgehead atoms. The Hall–Kier alpha value is -2.20. The number of carbonyl (C=O) groups excluding carboxylic acids is 1. The normalized spacial score (nSPS) is 21.2. The molecule has 0 saturated carbocycles. The zero-order valence-corrected chi connectivity index (χ0v) is 13.5. The van der Waals surface area contributed by atoms with Crippen molar-refractivity contribution in [2.24, 2.45) is 0 Å². The number of pyridine rings is 1. The maximum atomic E-state index is 12.8. The first-order valence-corrected chi connectivity index (χ1v) is 8.21. The monoisotopic (exact) mass is 309 g/mol. The van der Waals surface area contributed by atoms with E-state index in [1.807, 2.05) is 54.5 Å². The largest absolute Gasteiger partial charge is 0.326 e. The van der Waals surface area contributed by atoms with Crippen molar-refractivity contribution in [3.8, 4) is 0 Å². The summed E-state index contributed by atoms with van der Waals surface area (Å²) in [6.45, 7) is 1.12. The van der Waals surface area contributed by atoms with E-state index >= 15 is 0 Å². The molecule has 120 valence electrons. The molecule has 23 heavy (non-hydrogen) atoms. The minimum atomic E-state index is -0.464. The van der Waals surface area contributed by atoms with Crippen LogP contribution in [0.1, 0.15) is 30.5 Å². The standard InChI is InChI=1S/C19H23N3O/c1-20-15-18(23)22-14-8-6-12-19(22,16-9-3-2-4-10-16)17-11-5-7-13-21-17/h2-5,7,9-11,13,20H,6,8,12,14-15H2,1H3. The fourth-order valence-electron chi connectivity index (χ4n) is 3.60. The molecular formula is C19H23N3O. The van der Waals surface area contributed by atoms with E-state index in [-0.39, 0.29) is 5.91 Å². The second-order valence-corrected chi connectivity index (χ2v) is 5.97. The smallest absolute Gasteiger partial charge is 0.237 e. The molecule has 4 heteroatoms. The predicted molar refractivity (Wildman–Crippen MR) is 90.9 cm³/mol. The molecule has 0 spiro atoms. The van der Waals surface area contributed by atoms with Crippen molar-refractivity contribution in [1.29, 1.82) is 0 Å². The molecule has 1 fully saturated rings.